The molecule has 6 heteroatoms. The second-order valence-corrected chi connectivity index (χ2v) is 8.15. The van der Waals surface area contributed by atoms with E-state index in [-0.39, 0.29) is 18.4 Å². The van der Waals surface area contributed by atoms with Crippen LogP contribution in [0.15, 0.2) is 28.8 Å². The summed E-state index contributed by atoms with van der Waals surface area (Å²) in [6.45, 7) is 8.90. The van der Waals surface area contributed by atoms with Crippen LogP contribution in [0.1, 0.15) is 56.0 Å². The summed E-state index contributed by atoms with van der Waals surface area (Å²) in [5, 5.41) is 3.46. The molecule has 5 nitrogen and oxygen atoms in total. The minimum absolute atomic E-state index is 0.205. The number of carbonyl (C=O) groups is 2. The Balaban J connectivity index is 1.78. The lowest BCUT2D eigenvalue weighted by molar-refractivity contribution is -0.120. The number of nitrogens with zero attached hydrogens (tertiary/aromatic N) is 2. The zero-order valence-corrected chi connectivity index (χ0v) is 17.8. The van der Waals surface area contributed by atoms with E-state index in [0.29, 0.717) is 22.3 Å². The van der Waals surface area contributed by atoms with Crippen molar-refractivity contribution < 1.29 is 9.59 Å². The first kappa shape index (κ1) is 20.6. The first-order valence-electron chi connectivity index (χ1n) is 9.94. The Morgan fingerprint density at radius 2 is 2.00 bits per heavy atom. The molecule has 1 atom stereocenters. The summed E-state index contributed by atoms with van der Waals surface area (Å²) in [5.41, 5.74) is 4.13. The smallest absolute Gasteiger partial charge is 0.254 e. The van der Waals surface area contributed by atoms with E-state index >= 15 is 0 Å². The van der Waals surface area contributed by atoms with E-state index < -0.39 is 5.92 Å². The summed E-state index contributed by atoms with van der Waals surface area (Å²) >= 11 is 6.36. The predicted molar refractivity (Wildman–Crippen MR) is 115 cm³/mol. The largest absolute Gasteiger partial charge is 0.369 e. The fourth-order valence-electron chi connectivity index (χ4n) is 3.97. The highest BCUT2D eigenvalue weighted by Gasteiger charge is 2.28. The van der Waals surface area contributed by atoms with Crippen LogP contribution in [0.5, 0.6) is 0 Å². The van der Waals surface area contributed by atoms with Crippen LogP contribution in [0.3, 0.4) is 0 Å². The van der Waals surface area contributed by atoms with Gasteiger partial charge < -0.3 is 10.2 Å². The van der Waals surface area contributed by atoms with Gasteiger partial charge in [-0.15, -0.1) is 0 Å². The van der Waals surface area contributed by atoms with Gasteiger partial charge in [-0.25, -0.2) is 4.99 Å². The van der Waals surface area contributed by atoms with Crippen LogP contribution in [0.2, 0.25) is 5.02 Å². The molecule has 0 radical (unpaired) electrons. The number of hydrogen-bond acceptors (Lipinski definition) is 3. The van der Waals surface area contributed by atoms with Crippen LogP contribution >= 0.6 is 11.6 Å². The van der Waals surface area contributed by atoms with Crippen LogP contribution in [-0.4, -0.2) is 36.7 Å². The van der Waals surface area contributed by atoms with Crippen molar-refractivity contribution in [2.45, 2.75) is 53.0 Å². The van der Waals surface area contributed by atoms with Crippen LogP contribution in [0.4, 0.5) is 5.69 Å². The highest BCUT2D eigenvalue weighted by molar-refractivity contribution is 6.31. The first-order chi connectivity index (χ1) is 13.3. The van der Waals surface area contributed by atoms with Crippen LogP contribution < -0.4 is 10.2 Å². The van der Waals surface area contributed by atoms with Crippen LogP contribution in [-0.2, 0) is 4.79 Å². The molecule has 1 aliphatic heterocycles. The SMILES string of the molecule is CCN(c1cc(Cl)cc(C(=O)NCC2C(=O)N=C(C)C=C2C)c1C)C1CCC1. The molecule has 1 heterocycles. The number of benzene rings is 1. The van der Waals surface area contributed by atoms with Crippen LogP contribution in [0, 0.1) is 12.8 Å². The zero-order chi connectivity index (χ0) is 20.4. The number of carbonyl (C=O) groups excluding carboxylic acids is 2. The van der Waals surface area contributed by atoms with E-state index in [1.54, 1.807) is 13.0 Å². The van der Waals surface area contributed by atoms with Gasteiger partial charge in [0.15, 0.2) is 0 Å². The molecule has 1 saturated carbocycles. The van der Waals surface area contributed by atoms with E-state index in [1.807, 2.05) is 26.0 Å². The zero-order valence-electron chi connectivity index (χ0n) is 17.0. The summed E-state index contributed by atoms with van der Waals surface area (Å²) < 4.78 is 0. The molecule has 1 aliphatic carbocycles. The lowest BCUT2D eigenvalue weighted by Crippen LogP contribution is -2.41. The molecule has 2 aliphatic rings. The molecular weight excluding hydrogens is 374 g/mol. The molecule has 2 amide bonds. The number of nitrogens with one attached hydrogen (secondary N) is 1. The lowest BCUT2D eigenvalue weighted by Gasteiger charge is -2.39. The summed E-state index contributed by atoms with van der Waals surface area (Å²) in [6.07, 6.45) is 5.49. The number of aliphatic imine (C=N–C) groups is 1. The van der Waals surface area contributed by atoms with Gasteiger partial charge in [0.25, 0.3) is 11.8 Å². The van der Waals surface area contributed by atoms with Gasteiger partial charge in [-0.2, -0.15) is 0 Å². The van der Waals surface area contributed by atoms with Crippen LogP contribution in [0.25, 0.3) is 0 Å². The quantitative estimate of drug-likeness (QED) is 0.772. The van der Waals surface area contributed by atoms with Crippen molar-refractivity contribution in [3.8, 4) is 0 Å². The van der Waals surface area contributed by atoms with Gasteiger partial charge in [-0.1, -0.05) is 17.2 Å². The Morgan fingerprint density at radius 3 is 2.57 bits per heavy atom. The standard InChI is InChI=1S/C22H28ClN3O2/c1-5-26(17-7-6-8-17)20-11-16(23)10-18(15(20)4)21(27)24-12-19-13(2)9-14(3)25-22(19)28/h9-11,17,19H,5-8,12H2,1-4H3,(H,24,27). The van der Waals surface area contributed by atoms with Crippen molar-refractivity contribution in [1.29, 1.82) is 0 Å². The minimum atomic E-state index is -0.409. The maximum atomic E-state index is 12.9. The average Bonchev–Trinajstić information content (AvgIpc) is 2.58. The van der Waals surface area contributed by atoms with E-state index in [9.17, 15) is 9.59 Å². The molecule has 0 aromatic heterocycles. The maximum absolute atomic E-state index is 12.9. The topological polar surface area (TPSA) is 61.8 Å². The van der Waals surface area contributed by atoms with Crippen molar-refractivity contribution >= 4 is 34.8 Å². The molecule has 1 fully saturated rings. The Bertz CT molecular complexity index is 856. The highest BCUT2D eigenvalue weighted by Crippen LogP contribution is 2.34. The number of hydrogen-bond donors (Lipinski definition) is 1. The third-order valence-corrected chi connectivity index (χ3v) is 6.01. The Morgan fingerprint density at radius 1 is 1.29 bits per heavy atom. The Labute approximate surface area is 171 Å². The number of dihydropyridines is 1. The van der Waals surface area contributed by atoms with E-state index in [0.717, 1.165) is 23.4 Å². The van der Waals surface area contributed by atoms with E-state index in [4.69, 9.17) is 11.6 Å². The molecule has 1 aromatic carbocycles. The third kappa shape index (κ3) is 4.14. The van der Waals surface area contributed by atoms with Gasteiger partial charge in [0.2, 0.25) is 0 Å². The van der Waals surface area contributed by atoms with Gasteiger partial charge in [-0.3, -0.25) is 9.59 Å². The Kier molecular flexibility index (Phi) is 6.23. The number of amides is 2. The van der Waals surface area contributed by atoms with E-state index in [2.05, 4.69) is 22.1 Å². The van der Waals surface area contributed by atoms with E-state index in [1.165, 1.54) is 19.3 Å². The van der Waals surface area contributed by atoms with Crippen molar-refractivity contribution in [2.24, 2.45) is 10.9 Å². The van der Waals surface area contributed by atoms with Crippen molar-refractivity contribution in [3.05, 3.63) is 39.9 Å². The number of anilines is 1. The minimum Gasteiger partial charge on any atom is -0.369 e. The first-order valence-corrected chi connectivity index (χ1v) is 10.3. The molecule has 0 saturated heterocycles. The second kappa shape index (κ2) is 8.48. The second-order valence-electron chi connectivity index (χ2n) is 7.71. The molecule has 1 N–H and O–H groups in total. The van der Waals surface area contributed by atoms with Crippen molar-refractivity contribution in [2.75, 3.05) is 18.0 Å². The fraction of sp³-hybridized carbons (Fsp3) is 0.500. The van der Waals surface area contributed by atoms with Gasteiger partial charge in [-0.05, 0) is 70.7 Å². The average molecular weight is 402 g/mol. The third-order valence-electron chi connectivity index (χ3n) is 5.79. The molecule has 150 valence electrons. The highest BCUT2D eigenvalue weighted by atomic mass is 35.5. The summed E-state index contributed by atoms with van der Waals surface area (Å²) in [7, 11) is 0. The molecule has 1 aromatic rings. The fourth-order valence-corrected chi connectivity index (χ4v) is 4.18. The van der Waals surface area contributed by atoms with Gasteiger partial charge >= 0.3 is 0 Å². The van der Waals surface area contributed by atoms with Crippen molar-refractivity contribution in [1.82, 2.24) is 5.32 Å². The summed E-state index contributed by atoms with van der Waals surface area (Å²) in [4.78, 5) is 31.4. The van der Waals surface area contributed by atoms with Crippen molar-refractivity contribution in [3.63, 3.8) is 0 Å². The van der Waals surface area contributed by atoms with Gasteiger partial charge in [0, 0.05) is 41.1 Å². The molecule has 0 spiro atoms. The number of allylic oxidation sites excluding steroid dienone is 1. The number of rotatable bonds is 6. The molecule has 28 heavy (non-hydrogen) atoms. The Hall–Kier alpha value is -2.14. The number of halogens is 1. The summed E-state index contributed by atoms with van der Waals surface area (Å²) in [5.74, 6) is -0.824. The predicted octanol–water partition coefficient (Wildman–Crippen LogP) is 4.32. The van der Waals surface area contributed by atoms with Gasteiger partial charge in [0.05, 0.1) is 5.92 Å². The summed E-state index contributed by atoms with van der Waals surface area (Å²) in [6, 6.07) is 4.18. The molecular formula is C22H28ClN3O2. The van der Waals surface area contributed by atoms with Gasteiger partial charge in [0.1, 0.15) is 0 Å². The molecule has 0 bridgehead atoms. The molecule has 1 unspecified atom stereocenters. The normalized spacial score (nSPS) is 19.6. The molecule has 3 rings (SSSR count). The lowest BCUT2D eigenvalue weighted by atomic mass is 9.90. The monoisotopic (exact) mass is 401 g/mol. The maximum Gasteiger partial charge on any atom is 0.254 e.